The van der Waals surface area contributed by atoms with E-state index in [1.807, 2.05) is 16.8 Å². The van der Waals surface area contributed by atoms with Crippen LogP contribution < -0.4 is 10.2 Å². The number of carbonyl (C=O) groups is 1. The van der Waals surface area contributed by atoms with E-state index in [1.54, 1.807) is 24.7 Å². The molecule has 8 nitrogen and oxygen atoms in total. The van der Waals surface area contributed by atoms with Crippen LogP contribution in [0.25, 0.3) is 22.3 Å². The lowest BCUT2D eigenvalue weighted by molar-refractivity contribution is 0.257. The summed E-state index contributed by atoms with van der Waals surface area (Å²) in [7, 11) is 0. The van der Waals surface area contributed by atoms with E-state index < -0.39 is 0 Å². The monoisotopic (exact) mass is 445 g/mol. The number of fused-ring (bicyclic) bond motifs is 3. The fourth-order valence-electron chi connectivity index (χ4n) is 4.80. The highest BCUT2D eigenvalue weighted by Gasteiger charge is 2.54. The van der Waals surface area contributed by atoms with Crippen molar-refractivity contribution in [3.05, 3.63) is 54.2 Å². The zero-order valence-corrected chi connectivity index (χ0v) is 18.5. The molecule has 4 heterocycles. The molecule has 1 aromatic carbocycles. The Kier molecular flexibility index (Phi) is 4.30. The smallest absolute Gasteiger partial charge is 0.304 e. The zero-order chi connectivity index (χ0) is 22.7. The van der Waals surface area contributed by atoms with Crippen LogP contribution in [0.5, 0.6) is 0 Å². The highest BCUT2D eigenvalue weighted by molar-refractivity contribution is 6.05. The molecule has 1 spiro atoms. The number of hydrogen-bond acceptors (Lipinski definition) is 4. The van der Waals surface area contributed by atoms with Crippen LogP contribution in [0.1, 0.15) is 32.3 Å². The van der Waals surface area contributed by atoms with Gasteiger partial charge in [-0.05, 0) is 36.5 Å². The van der Waals surface area contributed by atoms with Crippen LogP contribution in [0.15, 0.2) is 42.9 Å². The van der Waals surface area contributed by atoms with Gasteiger partial charge in [0.1, 0.15) is 11.5 Å². The highest BCUT2D eigenvalue weighted by atomic mass is 19.1. The number of anilines is 2. The number of aromatic amines is 1. The van der Waals surface area contributed by atoms with Crippen molar-refractivity contribution in [2.24, 2.45) is 5.92 Å². The fraction of sp³-hybridized carbons (Fsp3) is 0.333. The Bertz CT molecular complexity index is 1380. The molecular weight excluding hydrogens is 421 g/mol. The summed E-state index contributed by atoms with van der Waals surface area (Å²) in [5.74, 6) is 0.0783. The molecule has 0 unspecified atom stereocenters. The molecule has 2 N–H and O–H groups in total. The minimum Gasteiger partial charge on any atom is -0.304 e. The van der Waals surface area contributed by atoms with Crippen molar-refractivity contribution in [1.82, 2.24) is 25.0 Å². The molecule has 0 bridgehead atoms. The second-order valence-electron chi connectivity index (χ2n) is 9.44. The van der Waals surface area contributed by atoms with E-state index in [9.17, 15) is 9.18 Å². The van der Waals surface area contributed by atoms with Gasteiger partial charge >= 0.3 is 6.03 Å². The normalized spacial score (nSPS) is 16.1. The first-order chi connectivity index (χ1) is 15.9. The molecular formula is C24H24FN7O. The first-order valence-electron chi connectivity index (χ1n) is 11.2. The van der Waals surface area contributed by atoms with Gasteiger partial charge in [0.15, 0.2) is 0 Å². The van der Waals surface area contributed by atoms with Crippen LogP contribution in [0.2, 0.25) is 0 Å². The van der Waals surface area contributed by atoms with E-state index >= 15 is 0 Å². The SMILES string of the molecule is CC(C)Cn1ncc2cnc(-c3[nH]ncc3NC(=O)N3CC4(CC4)c4cccc(F)c43)cc21. The molecule has 1 aliphatic carbocycles. The minimum atomic E-state index is -0.376. The molecule has 1 aliphatic heterocycles. The molecule has 6 rings (SSSR count). The lowest BCUT2D eigenvalue weighted by Gasteiger charge is -2.19. The largest absolute Gasteiger partial charge is 0.326 e. The second-order valence-corrected chi connectivity index (χ2v) is 9.44. The maximum absolute atomic E-state index is 14.7. The Morgan fingerprint density at radius 1 is 1.27 bits per heavy atom. The van der Waals surface area contributed by atoms with Crippen molar-refractivity contribution in [2.75, 3.05) is 16.8 Å². The molecule has 0 atom stereocenters. The molecule has 4 aromatic rings. The number of pyridine rings is 1. The van der Waals surface area contributed by atoms with Crippen LogP contribution in [0.3, 0.4) is 0 Å². The quantitative estimate of drug-likeness (QED) is 0.476. The number of para-hydroxylation sites is 1. The van der Waals surface area contributed by atoms with Gasteiger partial charge in [0, 0.05) is 30.1 Å². The number of H-pyrrole nitrogens is 1. The molecule has 2 aliphatic rings. The number of benzene rings is 1. The summed E-state index contributed by atoms with van der Waals surface area (Å²) < 4.78 is 16.6. The van der Waals surface area contributed by atoms with Crippen molar-refractivity contribution >= 4 is 28.3 Å². The van der Waals surface area contributed by atoms with Crippen LogP contribution in [-0.4, -0.2) is 37.5 Å². The minimum absolute atomic E-state index is 0.102. The summed E-state index contributed by atoms with van der Waals surface area (Å²) in [5.41, 5.74) is 3.91. The van der Waals surface area contributed by atoms with E-state index in [-0.39, 0.29) is 17.3 Å². The van der Waals surface area contributed by atoms with E-state index in [4.69, 9.17) is 0 Å². The summed E-state index contributed by atoms with van der Waals surface area (Å²) in [5, 5.41) is 15.4. The predicted molar refractivity (Wildman–Crippen MR) is 124 cm³/mol. The summed E-state index contributed by atoms with van der Waals surface area (Å²) in [4.78, 5) is 19.3. The molecule has 0 saturated heterocycles. The highest BCUT2D eigenvalue weighted by Crippen LogP contribution is 2.57. The average Bonchev–Trinajstić information content (AvgIpc) is 3.10. The van der Waals surface area contributed by atoms with Gasteiger partial charge in [-0.15, -0.1) is 0 Å². The summed E-state index contributed by atoms with van der Waals surface area (Å²) in [6, 6.07) is 6.62. The van der Waals surface area contributed by atoms with Gasteiger partial charge in [-0.1, -0.05) is 26.0 Å². The number of nitrogens with one attached hydrogen (secondary N) is 2. The first kappa shape index (κ1) is 19.9. The third-order valence-electron chi connectivity index (χ3n) is 6.59. The Morgan fingerprint density at radius 3 is 2.91 bits per heavy atom. The Labute approximate surface area is 189 Å². The number of carbonyl (C=O) groups excluding carboxylic acids is 1. The van der Waals surface area contributed by atoms with Crippen LogP contribution in [0.4, 0.5) is 20.6 Å². The van der Waals surface area contributed by atoms with Crippen molar-refractivity contribution in [2.45, 2.75) is 38.6 Å². The lowest BCUT2D eigenvalue weighted by atomic mass is 9.99. The third kappa shape index (κ3) is 3.18. The average molecular weight is 446 g/mol. The van der Waals surface area contributed by atoms with Gasteiger partial charge in [0.05, 0.1) is 35.0 Å². The van der Waals surface area contributed by atoms with Crippen molar-refractivity contribution in [1.29, 1.82) is 0 Å². The van der Waals surface area contributed by atoms with Crippen LogP contribution >= 0.6 is 0 Å². The number of halogens is 1. The second kappa shape index (κ2) is 7.13. The Balaban J connectivity index is 1.31. The topological polar surface area (TPSA) is 91.7 Å². The van der Waals surface area contributed by atoms with Gasteiger partial charge in [0.25, 0.3) is 0 Å². The van der Waals surface area contributed by atoms with Gasteiger partial charge in [-0.3, -0.25) is 19.7 Å². The van der Waals surface area contributed by atoms with E-state index in [0.29, 0.717) is 35.2 Å². The number of amides is 2. The molecule has 1 saturated carbocycles. The zero-order valence-electron chi connectivity index (χ0n) is 18.5. The number of aromatic nitrogens is 5. The summed E-state index contributed by atoms with van der Waals surface area (Å²) >= 11 is 0. The molecule has 1 fully saturated rings. The summed E-state index contributed by atoms with van der Waals surface area (Å²) in [6.07, 6.45) is 7.06. The molecule has 2 amide bonds. The van der Waals surface area contributed by atoms with Gasteiger partial charge in [-0.25, -0.2) is 9.18 Å². The molecule has 9 heteroatoms. The number of hydrogen-bond donors (Lipinski definition) is 2. The van der Waals surface area contributed by atoms with Gasteiger partial charge in [0.2, 0.25) is 0 Å². The standard InChI is InChI=1S/C24H24FN7O/c1-14(2)12-32-20-8-18(26-9-15(20)10-28-32)21-19(11-27-30-21)29-23(33)31-13-24(6-7-24)16-4-3-5-17(25)22(16)31/h3-5,8-11,14H,6-7,12-13H2,1-2H3,(H,27,30)(H,29,33). The molecule has 168 valence electrons. The maximum atomic E-state index is 14.7. The predicted octanol–water partition coefficient (Wildman–Crippen LogP) is 4.70. The van der Waals surface area contributed by atoms with E-state index in [2.05, 4.69) is 39.4 Å². The Morgan fingerprint density at radius 2 is 2.12 bits per heavy atom. The molecule has 0 radical (unpaired) electrons. The van der Waals surface area contributed by atoms with Crippen molar-refractivity contribution in [3.63, 3.8) is 0 Å². The van der Waals surface area contributed by atoms with Crippen molar-refractivity contribution < 1.29 is 9.18 Å². The first-order valence-corrected chi connectivity index (χ1v) is 11.2. The number of rotatable bonds is 4. The van der Waals surface area contributed by atoms with E-state index in [0.717, 1.165) is 35.9 Å². The fourth-order valence-corrected chi connectivity index (χ4v) is 4.80. The molecule has 33 heavy (non-hydrogen) atoms. The van der Waals surface area contributed by atoms with Gasteiger partial charge < -0.3 is 5.32 Å². The number of nitrogens with zero attached hydrogens (tertiary/aromatic N) is 5. The lowest BCUT2D eigenvalue weighted by Crippen LogP contribution is -2.35. The van der Waals surface area contributed by atoms with Gasteiger partial charge in [-0.2, -0.15) is 10.2 Å². The van der Waals surface area contributed by atoms with E-state index in [1.165, 1.54) is 11.0 Å². The Hall–Kier alpha value is -3.75. The van der Waals surface area contributed by atoms with Crippen LogP contribution in [0, 0.1) is 11.7 Å². The van der Waals surface area contributed by atoms with Crippen molar-refractivity contribution in [3.8, 4) is 11.4 Å². The third-order valence-corrected chi connectivity index (χ3v) is 6.59. The number of urea groups is 1. The molecule has 3 aromatic heterocycles. The summed E-state index contributed by atoms with van der Waals surface area (Å²) in [6.45, 7) is 5.56. The maximum Gasteiger partial charge on any atom is 0.326 e. The van der Waals surface area contributed by atoms with Crippen LogP contribution in [-0.2, 0) is 12.0 Å².